The standard InChI is InChI=1S/C21H27N3O3/c1-2-15-4-3-5-18-19(13-22-20(15)18)16-6-8-24(9-7-16)21(25)23-12-17-14-26-10-11-27-17/h3-6,13,17,22H,2,7-12,14H2,1H3,(H,23,25). The largest absolute Gasteiger partial charge is 0.376 e. The number of ether oxygens (including phenoxy) is 2. The van der Waals surface area contributed by atoms with Crippen molar-refractivity contribution in [1.29, 1.82) is 0 Å². The van der Waals surface area contributed by atoms with Crippen molar-refractivity contribution in [2.24, 2.45) is 0 Å². The number of carbonyl (C=O) groups is 1. The van der Waals surface area contributed by atoms with E-state index in [1.807, 2.05) is 4.90 Å². The molecule has 144 valence electrons. The summed E-state index contributed by atoms with van der Waals surface area (Å²) in [6.45, 7) is 5.80. The molecule has 2 amide bonds. The maximum Gasteiger partial charge on any atom is 0.317 e. The number of carbonyl (C=O) groups excluding carboxylic acids is 1. The van der Waals surface area contributed by atoms with Gasteiger partial charge in [0.2, 0.25) is 0 Å². The van der Waals surface area contributed by atoms with Crippen LogP contribution >= 0.6 is 0 Å². The van der Waals surface area contributed by atoms with Gasteiger partial charge in [0.15, 0.2) is 0 Å². The summed E-state index contributed by atoms with van der Waals surface area (Å²) >= 11 is 0. The van der Waals surface area contributed by atoms with Crippen LogP contribution in [-0.4, -0.2) is 61.5 Å². The zero-order chi connectivity index (χ0) is 18.6. The van der Waals surface area contributed by atoms with Crippen molar-refractivity contribution >= 4 is 22.5 Å². The number of hydrogen-bond acceptors (Lipinski definition) is 3. The number of aromatic amines is 1. The maximum atomic E-state index is 12.4. The van der Waals surface area contributed by atoms with Gasteiger partial charge in [-0.25, -0.2) is 4.79 Å². The highest BCUT2D eigenvalue weighted by Crippen LogP contribution is 2.30. The Balaban J connectivity index is 1.39. The van der Waals surface area contributed by atoms with E-state index in [4.69, 9.17) is 9.47 Å². The lowest BCUT2D eigenvalue weighted by Crippen LogP contribution is -2.46. The second-order valence-corrected chi connectivity index (χ2v) is 7.07. The Labute approximate surface area is 159 Å². The number of para-hydroxylation sites is 1. The number of nitrogens with zero attached hydrogens (tertiary/aromatic N) is 1. The van der Waals surface area contributed by atoms with E-state index in [1.54, 1.807) is 0 Å². The number of fused-ring (bicyclic) bond motifs is 1. The summed E-state index contributed by atoms with van der Waals surface area (Å²) in [4.78, 5) is 17.7. The Morgan fingerprint density at radius 2 is 2.30 bits per heavy atom. The molecule has 1 unspecified atom stereocenters. The summed E-state index contributed by atoms with van der Waals surface area (Å²) in [5.74, 6) is 0. The van der Waals surface area contributed by atoms with Gasteiger partial charge in [-0.05, 0) is 24.0 Å². The smallest absolute Gasteiger partial charge is 0.317 e. The molecule has 1 fully saturated rings. The highest BCUT2D eigenvalue weighted by atomic mass is 16.6. The van der Waals surface area contributed by atoms with Gasteiger partial charge in [-0.1, -0.05) is 31.2 Å². The molecule has 6 nitrogen and oxygen atoms in total. The van der Waals surface area contributed by atoms with Gasteiger partial charge in [-0.15, -0.1) is 0 Å². The second kappa shape index (κ2) is 8.15. The first-order chi connectivity index (χ1) is 13.3. The summed E-state index contributed by atoms with van der Waals surface area (Å²) in [6, 6.07) is 6.43. The van der Waals surface area contributed by atoms with E-state index in [9.17, 15) is 4.79 Å². The minimum atomic E-state index is -0.0439. The van der Waals surface area contributed by atoms with Gasteiger partial charge in [0.05, 0.1) is 25.9 Å². The normalized spacial score (nSPS) is 20.6. The Bertz CT molecular complexity index is 836. The lowest BCUT2D eigenvalue weighted by Gasteiger charge is -2.28. The van der Waals surface area contributed by atoms with E-state index < -0.39 is 0 Å². The van der Waals surface area contributed by atoms with Gasteiger partial charge in [-0.2, -0.15) is 0 Å². The lowest BCUT2D eigenvalue weighted by atomic mass is 9.98. The fraction of sp³-hybridized carbons (Fsp3) is 0.476. The summed E-state index contributed by atoms with van der Waals surface area (Å²) in [5.41, 5.74) is 5.13. The van der Waals surface area contributed by atoms with Crippen molar-refractivity contribution in [3.63, 3.8) is 0 Å². The average Bonchev–Trinajstić information content (AvgIpc) is 3.17. The Morgan fingerprint density at radius 3 is 3.04 bits per heavy atom. The highest BCUT2D eigenvalue weighted by Gasteiger charge is 2.21. The van der Waals surface area contributed by atoms with Crippen LogP contribution in [0, 0.1) is 0 Å². The molecule has 0 radical (unpaired) electrons. The molecule has 0 aliphatic carbocycles. The van der Waals surface area contributed by atoms with E-state index in [1.165, 1.54) is 27.6 Å². The van der Waals surface area contributed by atoms with Gasteiger partial charge in [0.25, 0.3) is 0 Å². The lowest BCUT2D eigenvalue weighted by molar-refractivity contribution is -0.0855. The second-order valence-electron chi connectivity index (χ2n) is 7.07. The van der Waals surface area contributed by atoms with E-state index in [0.717, 1.165) is 19.4 Å². The van der Waals surface area contributed by atoms with Crippen molar-refractivity contribution in [3.8, 4) is 0 Å². The van der Waals surface area contributed by atoms with Crippen molar-refractivity contribution in [2.75, 3.05) is 39.5 Å². The topological polar surface area (TPSA) is 66.6 Å². The van der Waals surface area contributed by atoms with Crippen LogP contribution in [0.4, 0.5) is 4.79 Å². The first-order valence-corrected chi connectivity index (χ1v) is 9.76. The van der Waals surface area contributed by atoms with Crippen LogP contribution in [0.5, 0.6) is 0 Å². The number of hydrogen-bond donors (Lipinski definition) is 2. The molecule has 2 aromatic rings. The molecule has 0 bridgehead atoms. The molecular weight excluding hydrogens is 342 g/mol. The van der Waals surface area contributed by atoms with Gasteiger partial charge in [0.1, 0.15) is 0 Å². The molecule has 1 aromatic heterocycles. The van der Waals surface area contributed by atoms with Gasteiger partial charge in [-0.3, -0.25) is 0 Å². The predicted octanol–water partition coefficient (Wildman–Crippen LogP) is 2.94. The summed E-state index contributed by atoms with van der Waals surface area (Å²) < 4.78 is 10.9. The Hall–Kier alpha value is -2.31. The molecule has 6 heteroatoms. The fourth-order valence-corrected chi connectivity index (χ4v) is 3.84. The molecule has 2 N–H and O–H groups in total. The number of rotatable bonds is 4. The van der Waals surface area contributed by atoms with Crippen LogP contribution in [0.25, 0.3) is 16.5 Å². The summed E-state index contributed by atoms with van der Waals surface area (Å²) in [6.07, 6.45) is 6.11. The average molecular weight is 369 g/mol. The zero-order valence-corrected chi connectivity index (χ0v) is 15.8. The zero-order valence-electron chi connectivity index (χ0n) is 15.8. The molecule has 4 rings (SSSR count). The van der Waals surface area contributed by atoms with Crippen LogP contribution in [-0.2, 0) is 15.9 Å². The monoisotopic (exact) mass is 369 g/mol. The van der Waals surface area contributed by atoms with E-state index in [0.29, 0.717) is 32.9 Å². The number of aryl methyl sites for hydroxylation is 1. The van der Waals surface area contributed by atoms with Crippen molar-refractivity contribution < 1.29 is 14.3 Å². The SMILES string of the molecule is CCc1cccc2c(C3=CCN(C(=O)NCC4COCCO4)CC3)c[nH]c12. The molecule has 2 aliphatic heterocycles. The molecule has 1 atom stereocenters. The third-order valence-corrected chi connectivity index (χ3v) is 5.39. The minimum Gasteiger partial charge on any atom is -0.376 e. The number of aromatic nitrogens is 1. The van der Waals surface area contributed by atoms with Crippen LogP contribution in [0.1, 0.15) is 24.5 Å². The molecule has 3 heterocycles. The van der Waals surface area contributed by atoms with Gasteiger partial charge >= 0.3 is 6.03 Å². The first-order valence-electron chi connectivity index (χ1n) is 9.76. The first kappa shape index (κ1) is 18.1. The molecule has 27 heavy (non-hydrogen) atoms. The van der Waals surface area contributed by atoms with Gasteiger partial charge < -0.3 is 24.7 Å². The molecule has 0 saturated carbocycles. The number of amides is 2. The molecular formula is C21H27N3O3. The van der Waals surface area contributed by atoms with Crippen molar-refractivity contribution in [1.82, 2.24) is 15.2 Å². The Kier molecular flexibility index (Phi) is 5.45. The number of H-pyrrole nitrogens is 1. The quantitative estimate of drug-likeness (QED) is 0.871. The number of urea groups is 1. The fourth-order valence-electron chi connectivity index (χ4n) is 3.84. The molecule has 1 saturated heterocycles. The molecule has 2 aliphatic rings. The van der Waals surface area contributed by atoms with Crippen molar-refractivity contribution in [2.45, 2.75) is 25.9 Å². The summed E-state index contributed by atoms with van der Waals surface area (Å²) in [5, 5.41) is 4.23. The van der Waals surface area contributed by atoms with Crippen LogP contribution in [0.2, 0.25) is 0 Å². The van der Waals surface area contributed by atoms with E-state index >= 15 is 0 Å². The molecule has 0 spiro atoms. The van der Waals surface area contributed by atoms with Crippen LogP contribution in [0.3, 0.4) is 0 Å². The van der Waals surface area contributed by atoms with Crippen molar-refractivity contribution in [3.05, 3.63) is 41.6 Å². The molecule has 1 aromatic carbocycles. The minimum absolute atomic E-state index is 0.0355. The van der Waals surface area contributed by atoms with E-state index in [2.05, 4.69) is 47.7 Å². The van der Waals surface area contributed by atoms with E-state index in [-0.39, 0.29) is 12.1 Å². The van der Waals surface area contributed by atoms with Gasteiger partial charge in [0, 0.05) is 42.3 Å². The summed E-state index contributed by atoms with van der Waals surface area (Å²) in [7, 11) is 0. The Morgan fingerprint density at radius 1 is 1.37 bits per heavy atom. The maximum absolute atomic E-state index is 12.4. The van der Waals surface area contributed by atoms with Crippen LogP contribution < -0.4 is 5.32 Å². The highest BCUT2D eigenvalue weighted by molar-refractivity contribution is 5.94. The third kappa shape index (κ3) is 3.87. The predicted molar refractivity (Wildman–Crippen MR) is 106 cm³/mol. The third-order valence-electron chi connectivity index (χ3n) is 5.39. The van der Waals surface area contributed by atoms with Crippen LogP contribution in [0.15, 0.2) is 30.5 Å². The number of nitrogens with one attached hydrogen (secondary N) is 2. The number of benzene rings is 1.